The molecule has 0 aromatic rings. The van der Waals surface area contributed by atoms with Gasteiger partial charge in [0.05, 0.1) is 12.2 Å². The molecule has 1 saturated heterocycles. The van der Waals surface area contributed by atoms with Crippen LogP contribution in [0.25, 0.3) is 0 Å². The number of hydrogen-bond acceptors (Lipinski definition) is 4. The van der Waals surface area contributed by atoms with Crippen molar-refractivity contribution in [3.05, 3.63) is 13.8 Å². The zero-order valence-corrected chi connectivity index (χ0v) is 14.3. The minimum Gasteiger partial charge on any atom is -0.402 e. The molecule has 5 heteroatoms. The number of rotatable bonds is 0. The quantitative estimate of drug-likeness (QED) is 0.455. The molecule has 3 unspecified atom stereocenters. The first-order chi connectivity index (χ1) is 6.77. The van der Waals surface area contributed by atoms with Crippen LogP contribution in [-0.2, 0) is 4.74 Å². The maximum absolute atomic E-state index is 9.17. The predicted octanol–water partition coefficient (Wildman–Crippen LogP) is 0.167. The summed E-state index contributed by atoms with van der Waals surface area (Å²) in [6, 6.07) is 0. The van der Waals surface area contributed by atoms with E-state index in [2.05, 4.69) is 27.7 Å². The Hall–Kier alpha value is 0.892. The second kappa shape index (κ2) is 8.91. The van der Waals surface area contributed by atoms with Crippen molar-refractivity contribution >= 4 is 0 Å². The van der Waals surface area contributed by atoms with Gasteiger partial charge in [0.1, 0.15) is 12.2 Å². The molecule has 0 aliphatic carbocycles. The fourth-order valence-electron chi connectivity index (χ4n) is 1.14. The van der Waals surface area contributed by atoms with Gasteiger partial charge < -0.3 is 33.9 Å². The van der Waals surface area contributed by atoms with Gasteiger partial charge in [-0.05, 0) is 13.0 Å². The fraction of sp³-hybridized carbons (Fsp3) is 0.818. The molecule has 0 saturated carbocycles. The van der Waals surface area contributed by atoms with Crippen molar-refractivity contribution in [2.75, 3.05) is 0 Å². The van der Waals surface area contributed by atoms with E-state index >= 15 is 0 Å². The van der Waals surface area contributed by atoms with Crippen LogP contribution in [0.2, 0.25) is 0 Å². The van der Waals surface area contributed by atoms with Crippen molar-refractivity contribution in [2.45, 2.75) is 51.3 Å². The molecular weight excluding hydrogens is 434 g/mol. The maximum atomic E-state index is 9.17. The standard InChI is InChI=1S/C7H13O4.C4H9.U/c1-3-5(8)7(10)6(9)4(2)11-3;1-4(2)3;/h3-10H,1H2,2H3;4H,1H2,2-3H3;/q2*-1;+2/t3-,4?,5?,6+,7?;;/m0../s1. The van der Waals surface area contributed by atoms with Crippen LogP contribution in [0.3, 0.4) is 0 Å². The second-order valence-corrected chi connectivity index (χ2v) is 4.25. The Balaban J connectivity index is 0. The molecule has 1 aliphatic heterocycles. The maximum Gasteiger partial charge on any atom is 2.00 e. The van der Waals surface area contributed by atoms with Gasteiger partial charge in [0, 0.05) is 0 Å². The monoisotopic (exact) mass is 456 g/mol. The van der Waals surface area contributed by atoms with Crippen LogP contribution in [0, 0.1) is 50.9 Å². The zero-order valence-electron chi connectivity index (χ0n) is 10.1. The van der Waals surface area contributed by atoms with E-state index in [1.165, 1.54) is 0 Å². The van der Waals surface area contributed by atoms with Crippen molar-refractivity contribution in [3.8, 4) is 0 Å². The van der Waals surface area contributed by atoms with Crippen LogP contribution in [-0.4, -0.2) is 45.8 Å². The molecule has 94 valence electrons. The number of ether oxygens (including phenoxy) is 1. The van der Waals surface area contributed by atoms with Gasteiger partial charge in [-0.15, -0.1) is 0 Å². The molecule has 5 atom stereocenters. The Labute approximate surface area is 122 Å². The van der Waals surface area contributed by atoms with Crippen LogP contribution in [0.4, 0.5) is 0 Å². The third-order valence-electron chi connectivity index (χ3n) is 1.95. The zero-order chi connectivity index (χ0) is 12.2. The van der Waals surface area contributed by atoms with E-state index in [0.29, 0.717) is 5.92 Å². The van der Waals surface area contributed by atoms with Gasteiger partial charge in [0.2, 0.25) is 0 Å². The van der Waals surface area contributed by atoms with E-state index in [1.807, 2.05) is 0 Å². The molecule has 0 spiro atoms. The van der Waals surface area contributed by atoms with Crippen molar-refractivity contribution in [1.82, 2.24) is 0 Å². The van der Waals surface area contributed by atoms with Crippen LogP contribution in [0.1, 0.15) is 20.8 Å². The van der Waals surface area contributed by atoms with E-state index in [4.69, 9.17) is 14.9 Å². The van der Waals surface area contributed by atoms with Gasteiger partial charge in [-0.3, -0.25) is 0 Å². The van der Waals surface area contributed by atoms with Crippen molar-refractivity contribution in [1.29, 1.82) is 0 Å². The molecule has 0 bridgehead atoms. The summed E-state index contributed by atoms with van der Waals surface area (Å²) >= 11 is 0. The summed E-state index contributed by atoms with van der Waals surface area (Å²) in [5.41, 5.74) is 0. The van der Waals surface area contributed by atoms with Gasteiger partial charge in [0.15, 0.2) is 0 Å². The molecular formula is C11H22O4U. The van der Waals surface area contributed by atoms with Gasteiger partial charge in [0.25, 0.3) is 0 Å². The first-order valence-electron chi connectivity index (χ1n) is 5.13. The third-order valence-corrected chi connectivity index (χ3v) is 1.95. The molecule has 1 fully saturated rings. The van der Waals surface area contributed by atoms with Crippen LogP contribution < -0.4 is 0 Å². The SMILES string of the molecule is [CH2-]C(C)C.[CH2-][C@@H]1OC(C)[C@@H](O)C(O)C1O.[U+2]. The second-order valence-electron chi connectivity index (χ2n) is 4.25. The number of hydrogen-bond donors (Lipinski definition) is 3. The summed E-state index contributed by atoms with van der Waals surface area (Å²) in [6.45, 7) is 12.8. The number of aliphatic hydroxyl groups excluding tert-OH is 3. The molecule has 3 N–H and O–H groups in total. The van der Waals surface area contributed by atoms with Crippen molar-refractivity contribution in [2.24, 2.45) is 5.92 Å². The third kappa shape index (κ3) is 6.58. The van der Waals surface area contributed by atoms with E-state index in [0.717, 1.165) is 0 Å². The van der Waals surface area contributed by atoms with Gasteiger partial charge in [-0.1, -0.05) is 13.8 Å². The van der Waals surface area contributed by atoms with Crippen molar-refractivity contribution < 1.29 is 51.2 Å². The average molecular weight is 456 g/mol. The van der Waals surface area contributed by atoms with Crippen LogP contribution in [0.5, 0.6) is 0 Å². The average Bonchev–Trinajstić information content (AvgIpc) is 2.11. The molecule has 0 radical (unpaired) electrons. The van der Waals surface area contributed by atoms with E-state index < -0.39 is 30.5 Å². The molecule has 1 aliphatic rings. The summed E-state index contributed by atoms with van der Waals surface area (Å²) < 4.78 is 5.01. The molecule has 0 aromatic carbocycles. The Kier molecular flexibility index (Phi) is 10.7. The van der Waals surface area contributed by atoms with E-state index in [9.17, 15) is 5.11 Å². The van der Waals surface area contributed by atoms with Crippen molar-refractivity contribution in [3.63, 3.8) is 0 Å². The molecule has 1 heterocycles. The first kappa shape index (κ1) is 19.2. The fourth-order valence-corrected chi connectivity index (χ4v) is 1.14. The van der Waals surface area contributed by atoms with Crippen LogP contribution >= 0.6 is 0 Å². The summed E-state index contributed by atoms with van der Waals surface area (Å²) in [5, 5.41) is 27.5. The summed E-state index contributed by atoms with van der Waals surface area (Å²) in [4.78, 5) is 0. The van der Waals surface area contributed by atoms with E-state index in [-0.39, 0.29) is 31.1 Å². The van der Waals surface area contributed by atoms with Gasteiger partial charge in [-0.2, -0.15) is 5.92 Å². The largest absolute Gasteiger partial charge is 2.00 e. The molecule has 16 heavy (non-hydrogen) atoms. The van der Waals surface area contributed by atoms with E-state index in [1.54, 1.807) is 6.92 Å². The van der Waals surface area contributed by atoms with Gasteiger partial charge >= 0.3 is 31.1 Å². The Morgan fingerprint density at radius 3 is 1.81 bits per heavy atom. The Bertz CT molecular complexity index is 161. The minimum atomic E-state index is -1.15. The minimum absolute atomic E-state index is 0. The Morgan fingerprint density at radius 1 is 1.06 bits per heavy atom. The topological polar surface area (TPSA) is 69.9 Å². The first-order valence-corrected chi connectivity index (χ1v) is 5.13. The molecule has 4 nitrogen and oxygen atoms in total. The normalized spacial score (nSPS) is 38.4. The molecule has 1 rings (SSSR count). The smallest absolute Gasteiger partial charge is 0.402 e. The predicted molar refractivity (Wildman–Crippen MR) is 57.9 cm³/mol. The molecule has 0 aromatic heterocycles. The number of aliphatic hydroxyl groups is 3. The van der Waals surface area contributed by atoms with Crippen LogP contribution in [0.15, 0.2) is 0 Å². The molecule has 0 amide bonds. The summed E-state index contributed by atoms with van der Waals surface area (Å²) in [7, 11) is 0. The van der Waals surface area contributed by atoms with Gasteiger partial charge in [-0.25, -0.2) is 0 Å². The Morgan fingerprint density at radius 2 is 1.44 bits per heavy atom. The summed E-state index contributed by atoms with van der Waals surface area (Å²) in [6.07, 6.45) is -4.41. The summed E-state index contributed by atoms with van der Waals surface area (Å²) in [5.74, 6) is 0.583.